The number of aromatic hydroxyl groups is 1. The molecule has 0 atom stereocenters. The first-order valence-electron chi connectivity index (χ1n) is 5.91. The fraction of sp³-hybridized carbons (Fsp3) is 0.133. The molecule has 2 aromatic carbocycles. The van der Waals surface area contributed by atoms with E-state index in [2.05, 4.69) is 11.9 Å². The predicted octanol–water partition coefficient (Wildman–Crippen LogP) is 5.01. The van der Waals surface area contributed by atoms with Gasteiger partial charge in [-0.05, 0) is 36.2 Å². The van der Waals surface area contributed by atoms with Crippen LogP contribution in [0.4, 0.5) is 5.69 Å². The van der Waals surface area contributed by atoms with E-state index in [1.54, 1.807) is 12.3 Å². The minimum Gasteiger partial charge on any atom is -0.506 e. The Bertz CT molecular complexity index is 606. The van der Waals surface area contributed by atoms with Crippen molar-refractivity contribution in [1.82, 2.24) is 0 Å². The van der Waals surface area contributed by atoms with Crippen molar-refractivity contribution in [2.45, 2.75) is 13.3 Å². The van der Waals surface area contributed by atoms with Gasteiger partial charge in [-0.25, -0.2) is 0 Å². The number of hydrogen-bond acceptors (Lipinski definition) is 2. The summed E-state index contributed by atoms with van der Waals surface area (Å²) >= 11 is 11.7. The Balaban J connectivity index is 2.27. The molecule has 98 valence electrons. The normalized spacial score (nSPS) is 11.1. The summed E-state index contributed by atoms with van der Waals surface area (Å²) in [5.74, 6) is -0.0139. The summed E-state index contributed by atoms with van der Waals surface area (Å²) < 4.78 is 0. The van der Waals surface area contributed by atoms with Gasteiger partial charge in [0.2, 0.25) is 0 Å². The minimum absolute atomic E-state index is 0.0139. The van der Waals surface area contributed by atoms with Crippen LogP contribution in [0.2, 0.25) is 10.0 Å². The molecule has 4 heteroatoms. The summed E-state index contributed by atoms with van der Waals surface area (Å²) in [6.45, 7) is 2.10. The van der Waals surface area contributed by atoms with Crippen LogP contribution in [0.25, 0.3) is 0 Å². The van der Waals surface area contributed by atoms with Crippen molar-refractivity contribution in [2.75, 3.05) is 0 Å². The van der Waals surface area contributed by atoms with E-state index in [0.717, 1.165) is 12.1 Å². The van der Waals surface area contributed by atoms with Crippen LogP contribution in [0.1, 0.15) is 18.1 Å². The third-order valence-electron chi connectivity index (χ3n) is 2.75. The summed E-state index contributed by atoms with van der Waals surface area (Å²) in [6, 6.07) is 11.0. The molecule has 0 aliphatic carbocycles. The maximum absolute atomic E-state index is 9.80. The standard InChI is InChI=1S/C15H13Cl2NO/c1-2-10-3-5-13(6-4-10)18-9-11-7-12(16)8-14(17)15(11)19/h3-9,19H,2H2,1H3. The van der Waals surface area contributed by atoms with Crippen LogP contribution >= 0.6 is 23.2 Å². The van der Waals surface area contributed by atoms with Crippen molar-refractivity contribution in [1.29, 1.82) is 0 Å². The van der Waals surface area contributed by atoms with E-state index in [-0.39, 0.29) is 10.8 Å². The predicted molar refractivity (Wildman–Crippen MR) is 81.2 cm³/mol. The van der Waals surface area contributed by atoms with Crippen LogP contribution in [0, 0.1) is 0 Å². The monoisotopic (exact) mass is 293 g/mol. The molecule has 2 rings (SSSR count). The second-order valence-electron chi connectivity index (χ2n) is 4.10. The largest absolute Gasteiger partial charge is 0.506 e. The Kier molecular flexibility index (Phi) is 4.46. The Hall–Kier alpha value is -1.51. The summed E-state index contributed by atoms with van der Waals surface area (Å²) in [7, 11) is 0. The number of aryl methyl sites for hydroxylation is 1. The van der Waals surface area contributed by atoms with Crippen molar-refractivity contribution >= 4 is 35.1 Å². The molecule has 0 bridgehead atoms. The molecular weight excluding hydrogens is 281 g/mol. The molecule has 0 aromatic heterocycles. The molecule has 0 aliphatic heterocycles. The minimum atomic E-state index is -0.0139. The number of benzene rings is 2. The third kappa shape index (κ3) is 3.49. The summed E-state index contributed by atoms with van der Waals surface area (Å²) in [4.78, 5) is 4.29. The highest BCUT2D eigenvalue weighted by Gasteiger charge is 2.05. The number of halogens is 2. The van der Waals surface area contributed by atoms with Gasteiger partial charge in [-0.2, -0.15) is 0 Å². The zero-order valence-corrected chi connectivity index (χ0v) is 11.9. The lowest BCUT2D eigenvalue weighted by atomic mass is 10.1. The zero-order valence-electron chi connectivity index (χ0n) is 10.4. The van der Waals surface area contributed by atoms with Crippen molar-refractivity contribution in [3.63, 3.8) is 0 Å². The Morgan fingerprint density at radius 1 is 1.16 bits per heavy atom. The topological polar surface area (TPSA) is 32.6 Å². The highest BCUT2D eigenvalue weighted by Crippen LogP contribution is 2.30. The van der Waals surface area contributed by atoms with E-state index in [0.29, 0.717) is 10.6 Å². The van der Waals surface area contributed by atoms with Crippen LogP contribution in [-0.4, -0.2) is 11.3 Å². The van der Waals surface area contributed by atoms with E-state index in [4.69, 9.17) is 23.2 Å². The van der Waals surface area contributed by atoms with Crippen LogP contribution in [-0.2, 0) is 6.42 Å². The second kappa shape index (κ2) is 6.09. The highest BCUT2D eigenvalue weighted by molar-refractivity contribution is 6.36. The second-order valence-corrected chi connectivity index (χ2v) is 4.95. The maximum Gasteiger partial charge on any atom is 0.143 e. The Morgan fingerprint density at radius 3 is 2.47 bits per heavy atom. The fourth-order valence-electron chi connectivity index (χ4n) is 1.65. The van der Waals surface area contributed by atoms with Crippen molar-refractivity contribution in [3.8, 4) is 5.75 Å². The van der Waals surface area contributed by atoms with E-state index < -0.39 is 0 Å². The van der Waals surface area contributed by atoms with E-state index in [9.17, 15) is 5.11 Å². The SMILES string of the molecule is CCc1ccc(N=Cc2cc(Cl)cc(Cl)c2O)cc1. The van der Waals surface area contributed by atoms with Crippen LogP contribution in [0.5, 0.6) is 5.75 Å². The van der Waals surface area contributed by atoms with Gasteiger partial charge < -0.3 is 5.11 Å². The van der Waals surface area contributed by atoms with Gasteiger partial charge in [-0.3, -0.25) is 4.99 Å². The first-order chi connectivity index (χ1) is 9.10. The van der Waals surface area contributed by atoms with Crippen LogP contribution in [0.15, 0.2) is 41.4 Å². The molecule has 0 amide bonds. The molecule has 2 nitrogen and oxygen atoms in total. The number of phenols is 1. The number of nitrogens with zero attached hydrogens (tertiary/aromatic N) is 1. The van der Waals surface area contributed by atoms with Gasteiger partial charge in [0.15, 0.2) is 0 Å². The molecule has 0 spiro atoms. The fourth-order valence-corrected chi connectivity index (χ4v) is 2.16. The van der Waals surface area contributed by atoms with Gasteiger partial charge in [0, 0.05) is 16.8 Å². The highest BCUT2D eigenvalue weighted by atomic mass is 35.5. The van der Waals surface area contributed by atoms with Gasteiger partial charge in [0.1, 0.15) is 5.75 Å². The van der Waals surface area contributed by atoms with Crippen molar-refractivity contribution in [3.05, 3.63) is 57.6 Å². The van der Waals surface area contributed by atoms with Gasteiger partial charge in [-0.1, -0.05) is 42.3 Å². The van der Waals surface area contributed by atoms with E-state index in [1.807, 2.05) is 24.3 Å². The molecule has 2 aromatic rings. The lowest BCUT2D eigenvalue weighted by Gasteiger charge is -2.02. The number of phenolic OH excluding ortho intramolecular Hbond substituents is 1. The first-order valence-corrected chi connectivity index (χ1v) is 6.66. The van der Waals surface area contributed by atoms with Gasteiger partial charge in [-0.15, -0.1) is 0 Å². The molecule has 0 fully saturated rings. The molecule has 19 heavy (non-hydrogen) atoms. The average Bonchev–Trinajstić information content (AvgIpc) is 2.41. The lowest BCUT2D eigenvalue weighted by Crippen LogP contribution is -1.84. The Morgan fingerprint density at radius 2 is 1.84 bits per heavy atom. The van der Waals surface area contributed by atoms with Gasteiger partial charge >= 0.3 is 0 Å². The molecule has 1 N–H and O–H groups in total. The van der Waals surface area contributed by atoms with E-state index >= 15 is 0 Å². The van der Waals surface area contributed by atoms with Gasteiger partial charge in [0.05, 0.1) is 10.7 Å². The smallest absolute Gasteiger partial charge is 0.143 e. The summed E-state index contributed by atoms with van der Waals surface area (Å²) in [5.41, 5.74) is 2.57. The molecule has 0 unspecified atom stereocenters. The lowest BCUT2D eigenvalue weighted by molar-refractivity contribution is 0.475. The summed E-state index contributed by atoms with van der Waals surface area (Å²) in [5, 5.41) is 10.5. The van der Waals surface area contributed by atoms with Crippen LogP contribution in [0.3, 0.4) is 0 Å². The van der Waals surface area contributed by atoms with Crippen molar-refractivity contribution < 1.29 is 5.11 Å². The molecule has 0 radical (unpaired) electrons. The molecule has 0 aliphatic rings. The molecular formula is C15H13Cl2NO. The number of aliphatic imine (C=N–C) groups is 1. The average molecular weight is 294 g/mol. The summed E-state index contributed by atoms with van der Waals surface area (Å²) in [6.07, 6.45) is 2.54. The van der Waals surface area contributed by atoms with Gasteiger partial charge in [0.25, 0.3) is 0 Å². The Labute approximate surface area is 122 Å². The van der Waals surface area contributed by atoms with Crippen LogP contribution < -0.4 is 0 Å². The zero-order chi connectivity index (χ0) is 13.8. The van der Waals surface area contributed by atoms with E-state index in [1.165, 1.54) is 11.6 Å². The molecule has 0 saturated carbocycles. The van der Waals surface area contributed by atoms with Crippen molar-refractivity contribution in [2.24, 2.45) is 4.99 Å². The number of rotatable bonds is 3. The molecule has 0 saturated heterocycles. The third-order valence-corrected chi connectivity index (χ3v) is 3.26. The first kappa shape index (κ1) is 13.9. The maximum atomic E-state index is 9.80. The molecule has 0 heterocycles. The number of hydrogen-bond donors (Lipinski definition) is 1. The quantitative estimate of drug-likeness (QED) is 0.793.